The van der Waals surface area contributed by atoms with Crippen molar-refractivity contribution in [1.29, 1.82) is 0 Å². The predicted molar refractivity (Wildman–Crippen MR) is 92.7 cm³/mol. The van der Waals surface area contributed by atoms with Gasteiger partial charge in [-0.3, -0.25) is 4.90 Å². The maximum Gasteiger partial charge on any atom is 0.490 e. The van der Waals surface area contributed by atoms with E-state index in [2.05, 4.69) is 32.6 Å². The van der Waals surface area contributed by atoms with Gasteiger partial charge in [-0.05, 0) is 43.7 Å². The van der Waals surface area contributed by atoms with Crippen molar-refractivity contribution in [2.24, 2.45) is 5.92 Å². The van der Waals surface area contributed by atoms with Crippen LogP contribution in [0.1, 0.15) is 35.5 Å². The van der Waals surface area contributed by atoms with Gasteiger partial charge in [0.05, 0.1) is 6.10 Å². The number of hydrogen-bond acceptors (Lipinski definition) is 7. The molecule has 0 amide bonds. The highest BCUT2D eigenvalue weighted by Crippen LogP contribution is 2.40. The Kier molecular flexibility index (Phi) is 6.36. The maximum atomic E-state index is 10.6. The Hall–Kier alpha value is -1.98. The SMILES string of the molecule is Cc1noc([C@@H]2C[C@@H]3CCN(Cc4cccs4)C[C@H]3O2)n1.O=C(O)C(F)(F)F. The third kappa shape index (κ3) is 5.30. The van der Waals surface area contributed by atoms with E-state index in [4.69, 9.17) is 19.2 Å². The first-order valence-corrected chi connectivity index (χ1v) is 9.61. The first-order chi connectivity index (χ1) is 13.2. The number of piperidine rings is 1. The first-order valence-electron chi connectivity index (χ1n) is 8.73. The number of fused-ring (bicyclic) bond motifs is 1. The third-order valence-corrected chi connectivity index (χ3v) is 5.52. The standard InChI is InChI=1S/C15H19N3O2S.C2HF3O2/c1-10-16-15(20-17-10)13-7-11-4-5-18(9-14(11)19-13)8-12-3-2-6-21-12;3-2(4,5)1(6)7/h2-3,6,11,13-14H,4-5,7-9H2,1H3;(H,6,7)/t11-,13-,14+;/m0./s1. The van der Waals surface area contributed by atoms with Crippen LogP contribution in [0.5, 0.6) is 0 Å². The summed E-state index contributed by atoms with van der Waals surface area (Å²) in [4.78, 5) is 17.1. The molecule has 2 aromatic heterocycles. The molecule has 28 heavy (non-hydrogen) atoms. The molecule has 2 aromatic rings. The second-order valence-electron chi connectivity index (χ2n) is 6.74. The van der Waals surface area contributed by atoms with E-state index in [1.165, 1.54) is 11.3 Å². The zero-order chi connectivity index (χ0) is 20.3. The minimum Gasteiger partial charge on any atom is -0.475 e. The smallest absolute Gasteiger partial charge is 0.475 e. The van der Waals surface area contributed by atoms with E-state index in [0.29, 0.717) is 23.7 Å². The lowest BCUT2D eigenvalue weighted by Gasteiger charge is -2.33. The molecule has 0 aromatic carbocycles. The van der Waals surface area contributed by atoms with E-state index in [1.807, 2.05) is 18.3 Å². The van der Waals surface area contributed by atoms with E-state index in [9.17, 15) is 13.2 Å². The molecule has 0 radical (unpaired) electrons. The van der Waals surface area contributed by atoms with Crippen molar-refractivity contribution in [3.8, 4) is 0 Å². The number of likely N-dealkylation sites (tertiary alicyclic amines) is 1. The van der Waals surface area contributed by atoms with Crippen LogP contribution in [0.15, 0.2) is 22.0 Å². The minimum atomic E-state index is -5.08. The topological polar surface area (TPSA) is 88.7 Å². The summed E-state index contributed by atoms with van der Waals surface area (Å²) in [5.74, 6) is -0.802. The maximum absolute atomic E-state index is 10.6. The highest BCUT2D eigenvalue weighted by molar-refractivity contribution is 7.09. The summed E-state index contributed by atoms with van der Waals surface area (Å²) in [5.41, 5.74) is 0. The number of carbonyl (C=O) groups is 1. The Morgan fingerprint density at radius 1 is 1.46 bits per heavy atom. The van der Waals surface area contributed by atoms with Crippen LogP contribution in [-0.2, 0) is 16.1 Å². The zero-order valence-electron chi connectivity index (χ0n) is 15.1. The molecular weight excluding hydrogens is 399 g/mol. The molecule has 154 valence electrons. The Bertz CT molecular complexity index is 781. The number of ether oxygens (including phenoxy) is 1. The van der Waals surface area contributed by atoms with Crippen molar-refractivity contribution in [3.05, 3.63) is 34.1 Å². The normalized spacial score (nSPS) is 25.1. The fourth-order valence-electron chi connectivity index (χ4n) is 3.36. The van der Waals surface area contributed by atoms with Crippen LogP contribution >= 0.6 is 11.3 Å². The second-order valence-corrected chi connectivity index (χ2v) is 7.78. The number of aliphatic carboxylic acids is 1. The Labute approximate surface area is 163 Å². The van der Waals surface area contributed by atoms with Crippen LogP contribution in [0, 0.1) is 12.8 Å². The minimum absolute atomic E-state index is 0.0112. The van der Waals surface area contributed by atoms with Crippen molar-refractivity contribution in [3.63, 3.8) is 0 Å². The Balaban J connectivity index is 0.000000279. The van der Waals surface area contributed by atoms with Gasteiger partial charge in [0.2, 0.25) is 0 Å². The number of aromatic nitrogens is 2. The van der Waals surface area contributed by atoms with Crippen LogP contribution in [-0.4, -0.2) is 51.5 Å². The third-order valence-electron chi connectivity index (χ3n) is 4.66. The van der Waals surface area contributed by atoms with Gasteiger partial charge in [0.25, 0.3) is 5.89 Å². The molecule has 0 aliphatic carbocycles. The average Bonchev–Trinajstić information content (AvgIpc) is 3.34. The van der Waals surface area contributed by atoms with E-state index in [0.717, 1.165) is 26.1 Å². The molecule has 3 atom stereocenters. The van der Waals surface area contributed by atoms with Crippen LogP contribution < -0.4 is 0 Å². The van der Waals surface area contributed by atoms with Gasteiger partial charge in [0.15, 0.2) is 5.82 Å². The van der Waals surface area contributed by atoms with Crippen LogP contribution in [0.3, 0.4) is 0 Å². The van der Waals surface area contributed by atoms with Gasteiger partial charge in [-0.1, -0.05) is 11.2 Å². The van der Waals surface area contributed by atoms with Crippen LogP contribution in [0.4, 0.5) is 13.2 Å². The molecule has 2 aliphatic rings. The highest BCUT2D eigenvalue weighted by Gasteiger charge is 2.41. The van der Waals surface area contributed by atoms with Crippen molar-refractivity contribution >= 4 is 17.3 Å². The quantitative estimate of drug-likeness (QED) is 0.815. The first kappa shape index (κ1) is 20.7. The zero-order valence-corrected chi connectivity index (χ0v) is 15.9. The van der Waals surface area contributed by atoms with E-state index >= 15 is 0 Å². The average molecular weight is 419 g/mol. The summed E-state index contributed by atoms with van der Waals surface area (Å²) in [7, 11) is 0. The van der Waals surface area contributed by atoms with E-state index in [1.54, 1.807) is 0 Å². The molecule has 0 spiro atoms. The second kappa shape index (κ2) is 8.58. The lowest BCUT2D eigenvalue weighted by molar-refractivity contribution is -0.192. The number of alkyl halides is 3. The Morgan fingerprint density at radius 3 is 2.79 bits per heavy atom. The molecule has 2 aliphatic heterocycles. The molecular formula is C17H20F3N3O4S. The predicted octanol–water partition coefficient (Wildman–Crippen LogP) is 3.42. The summed E-state index contributed by atoms with van der Waals surface area (Å²) >= 11 is 1.83. The van der Waals surface area contributed by atoms with Gasteiger partial charge in [-0.2, -0.15) is 18.2 Å². The monoisotopic (exact) mass is 419 g/mol. The number of hydrogen-bond donors (Lipinski definition) is 1. The summed E-state index contributed by atoms with van der Waals surface area (Å²) < 4.78 is 43.2. The highest BCUT2D eigenvalue weighted by atomic mass is 32.1. The molecule has 2 saturated heterocycles. The molecule has 7 nitrogen and oxygen atoms in total. The molecule has 11 heteroatoms. The van der Waals surface area contributed by atoms with Gasteiger partial charge in [0, 0.05) is 18.0 Å². The summed E-state index contributed by atoms with van der Waals surface area (Å²) in [6, 6.07) is 4.32. The van der Waals surface area contributed by atoms with E-state index < -0.39 is 12.1 Å². The summed E-state index contributed by atoms with van der Waals surface area (Å²) in [6.07, 6.45) is -2.59. The van der Waals surface area contributed by atoms with Gasteiger partial charge < -0.3 is 14.4 Å². The number of halogens is 3. The number of aryl methyl sites for hydroxylation is 1. The van der Waals surface area contributed by atoms with Gasteiger partial charge >= 0.3 is 12.1 Å². The summed E-state index contributed by atoms with van der Waals surface area (Å²) in [5, 5.41) is 13.1. The van der Waals surface area contributed by atoms with Crippen molar-refractivity contribution < 1.29 is 32.3 Å². The molecule has 2 fully saturated rings. The van der Waals surface area contributed by atoms with Gasteiger partial charge in [-0.15, -0.1) is 11.3 Å². The Morgan fingerprint density at radius 2 is 2.21 bits per heavy atom. The van der Waals surface area contributed by atoms with E-state index in [-0.39, 0.29) is 6.10 Å². The molecule has 0 saturated carbocycles. The molecule has 0 unspecified atom stereocenters. The number of thiophene rings is 1. The number of carboxylic acid groups (broad SMARTS) is 1. The fourth-order valence-corrected chi connectivity index (χ4v) is 4.11. The van der Waals surface area contributed by atoms with Crippen molar-refractivity contribution in [2.45, 2.75) is 44.7 Å². The van der Waals surface area contributed by atoms with Crippen LogP contribution in [0.25, 0.3) is 0 Å². The molecule has 4 rings (SSSR count). The van der Waals surface area contributed by atoms with Crippen molar-refractivity contribution in [2.75, 3.05) is 13.1 Å². The van der Waals surface area contributed by atoms with Gasteiger partial charge in [-0.25, -0.2) is 4.79 Å². The number of nitrogens with zero attached hydrogens (tertiary/aromatic N) is 3. The number of rotatable bonds is 3. The number of carboxylic acids is 1. The molecule has 1 N–H and O–H groups in total. The van der Waals surface area contributed by atoms with Crippen molar-refractivity contribution in [1.82, 2.24) is 15.0 Å². The summed E-state index contributed by atoms with van der Waals surface area (Å²) in [6.45, 7) is 5.04. The lowest BCUT2D eigenvalue weighted by Crippen LogP contribution is -2.41. The molecule has 0 bridgehead atoms. The fraction of sp³-hybridized carbons (Fsp3) is 0.588. The molecule has 4 heterocycles. The van der Waals surface area contributed by atoms with Crippen LogP contribution in [0.2, 0.25) is 0 Å². The lowest BCUT2D eigenvalue weighted by atomic mass is 9.92. The largest absolute Gasteiger partial charge is 0.490 e. The van der Waals surface area contributed by atoms with Gasteiger partial charge in [0.1, 0.15) is 6.10 Å².